The molecule has 0 aromatic carbocycles. The maximum absolute atomic E-state index is 11.2. The van der Waals surface area contributed by atoms with Crippen LogP contribution in [0.25, 0.3) is 0 Å². The standard InChI is InChI=1S/C9H19N3O.C2H6/c1-8(2)11-3-5-12(6-4-11)9(13)7-10;1-2/h8H,3-7,10H2,1-2H3;1-2H3. The molecule has 0 aromatic rings. The molecule has 1 fully saturated rings. The van der Waals surface area contributed by atoms with Gasteiger partial charge in [0.05, 0.1) is 6.54 Å². The van der Waals surface area contributed by atoms with Crippen LogP contribution in [0.3, 0.4) is 0 Å². The highest BCUT2D eigenvalue weighted by Crippen LogP contribution is 2.05. The number of piperazine rings is 1. The van der Waals surface area contributed by atoms with Crippen molar-refractivity contribution in [3.63, 3.8) is 0 Å². The van der Waals surface area contributed by atoms with Gasteiger partial charge in [-0.25, -0.2) is 0 Å². The largest absolute Gasteiger partial charge is 0.339 e. The third kappa shape index (κ3) is 4.62. The Labute approximate surface area is 93.4 Å². The molecule has 0 bridgehead atoms. The first kappa shape index (κ1) is 14.4. The van der Waals surface area contributed by atoms with Crippen LogP contribution in [0.15, 0.2) is 0 Å². The summed E-state index contributed by atoms with van der Waals surface area (Å²) < 4.78 is 0. The van der Waals surface area contributed by atoms with Crippen LogP contribution in [0.2, 0.25) is 0 Å². The van der Waals surface area contributed by atoms with E-state index in [0.717, 1.165) is 26.2 Å². The van der Waals surface area contributed by atoms with Gasteiger partial charge in [-0.2, -0.15) is 0 Å². The van der Waals surface area contributed by atoms with E-state index in [1.807, 2.05) is 18.7 Å². The van der Waals surface area contributed by atoms with Gasteiger partial charge in [0.25, 0.3) is 0 Å². The van der Waals surface area contributed by atoms with Gasteiger partial charge < -0.3 is 10.6 Å². The summed E-state index contributed by atoms with van der Waals surface area (Å²) in [7, 11) is 0. The second kappa shape index (κ2) is 7.65. The van der Waals surface area contributed by atoms with Crippen molar-refractivity contribution in [1.82, 2.24) is 9.80 Å². The molecular formula is C11H25N3O. The summed E-state index contributed by atoms with van der Waals surface area (Å²) in [6.07, 6.45) is 0. The summed E-state index contributed by atoms with van der Waals surface area (Å²) in [6, 6.07) is 0.579. The molecule has 1 aliphatic rings. The van der Waals surface area contributed by atoms with Crippen LogP contribution < -0.4 is 5.73 Å². The molecule has 1 amide bonds. The lowest BCUT2D eigenvalue weighted by molar-refractivity contribution is -0.131. The van der Waals surface area contributed by atoms with Crippen molar-refractivity contribution in [2.45, 2.75) is 33.7 Å². The van der Waals surface area contributed by atoms with Crippen molar-refractivity contribution in [1.29, 1.82) is 0 Å². The van der Waals surface area contributed by atoms with Crippen molar-refractivity contribution < 1.29 is 4.79 Å². The molecule has 0 spiro atoms. The van der Waals surface area contributed by atoms with Gasteiger partial charge in [-0.15, -0.1) is 0 Å². The van der Waals surface area contributed by atoms with E-state index in [-0.39, 0.29) is 12.5 Å². The minimum Gasteiger partial charge on any atom is -0.339 e. The number of hydrogen-bond donors (Lipinski definition) is 1. The number of amides is 1. The third-order valence-corrected chi connectivity index (χ3v) is 2.57. The van der Waals surface area contributed by atoms with Crippen LogP contribution in [0, 0.1) is 0 Å². The Hall–Kier alpha value is -0.610. The highest BCUT2D eigenvalue weighted by Gasteiger charge is 2.20. The molecule has 0 atom stereocenters. The van der Waals surface area contributed by atoms with Gasteiger partial charge in [0, 0.05) is 32.2 Å². The predicted octanol–water partition coefficient (Wildman–Crippen LogP) is 0.524. The summed E-state index contributed by atoms with van der Waals surface area (Å²) in [4.78, 5) is 15.4. The second-order valence-electron chi connectivity index (χ2n) is 3.71. The van der Waals surface area contributed by atoms with Gasteiger partial charge in [0.2, 0.25) is 5.91 Å². The van der Waals surface area contributed by atoms with E-state index in [2.05, 4.69) is 18.7 Å². The fraction of sp³-hybridized carbons (Fsp3) is 0.909. The molecule has 15 heavy (non-hydrogen) atoms. The smallest absolute Gasteiger partial charge is 0.236 e. The Morgan fingerprint density at radius 1 is 1.20 bits per heavy atom. The molecule has 0 saturated carbocycles. The first-order valence-electron chi connectivity index (χ1n) is 5.87. The molecule has 1 aliphatic heterocycles. The molecule has 90 valence electrons. The zero-order valence-corrected chi connectivity index (χ0v) is 10.5. The Morgan fingerprint density at radius 2 is 1.67 bits per heavy atom. The number of hydrogen-bond acceptors (Lipinski definition) is 3. The Balaban J connectivity index is 0.000000921. The van der Waals surface area contributed by atoms with E-state index in [4.69, 9.17) is 5.73 Å². The summed E-state index contributed by atoms with van der Waals surface area (Å²) >= 11 is 0. The molecule has 0 radical (unpaired) electrons. The number of rotatable bonds is 2. The number of carbonyl (C=O) groups is 1. The van der Waals surface area contributed by atoms with Crippen molar-refractivity contribution >= 4 is 5.91 Å². The highest BCUT2D eigenvalue weighted by atomic mass is 16.2. The van der Waals surface area contributed by atoms with Crippen LogP contribution in [0.5, 0.6) is 0 Å². The average Bonchev–Trinajstić information content (AvgIpc) is 2.31. The van der Waals surface area contributed by atoms with Gasteiger partial charge in [-0.05, 0) is 13.8 Å². The molecule has 4 nitrogen and oxygen atoms in total. The predicted molar refractivity (Wildman–Crippen MR) is 63.7 cm³/mol. The summed E-state index contributed by atoms with van der Waals surface area (Å²) in [5, 5.41) is 0. The van der Waals surface area contributed by atoms with E-state index in [9.17, 15) is 4.79 Å². The zero-order chi connectivity index (χ0) is 11.8. The van der Waals surface area contributed by atoms with Crippen LogP contribution >= 0.6 is 0 Å². The molecule has 2 N–H and O–H groups in total. The van der Waals surface area contributed by atoms with Gasteiger partial charge in [-0.3, -0.25) is 9.69 Å². The molecule has 1 rings (SSSR count). The third-order valence-electron chi connectivity index (χ3n) is 2.57. The van der Waals surface area contributed by atoms with Crippen molar-refractivity contribution in [2.24, 2.45) is 5.73 Å². The molecule has 1 heterocycles. The van der Waals surface area contributed by atoms with Crippen LogP contribution in [-0.2, 0) is 4.79 Å². The number of nitrogens with two attached hydrogens (primary N) is 1. The molecule has 0 aliphatic carbocycles. The molecule has 0 unspecified atom stereocenters. The molecular weight excluding hydrogens is 190 g/mol. The van der Waals surface area contributed by atoms with Crippen LogP contribution in [0.1, 0.15) is 27.7 Å². The first-order valence-corrected chi connectivity index (χ1v) is 5.87. The van der Waals surface area contributed by atoms with Crippen molar-refractivity contribution in [3.8, 4) is 0 Å². The molecule has 0 aromatic heterocycles. The van der Waals surface area contributed by atoms with Crippen molar-refractivity contribution in [3.05, 3.63) is 0 Å². The van der Waals surface area contributed by atoms with E-state index in [0.29, 0.717) is 6.04 Å². The van der Waals surface area contributed by atoms with E-state index in [1.54, 1.807) is 0 Å². The van der Waals surface area contributed by atoms with Crippen LogP contribution in [-0.4, -0.2) is 54.5 Å². The normalized spacial score (nSPS) is 17.3. The van der Waals surface area contributed by atoms with Gasteiger partial charge >= 0.3 is 0 Å². The van der Waals surface area contributed by atoms with Crippen molar-refractivity contribution in [2.75, 3.05) is 32.7 Å². The van der Waals surface area contributed by atoms with Crippen LogP contribution in [0.4, 0.5) is 0 Å². The maximum Gasteiger partial charge on any atom is 0.236 e. The number of nitrogens with zero attached hydrogens (tertiary/aromatic N) is 2. The summed E-state index contributed by atoms with van der Waals surface area (Å²) in [6.45, 7) is 12.1. The average molecular weight is 215 g/mol. The number of carbonyl (C=O) groups excluding carboxylic acids is 1. The molecule has 1 saturated heterocycles. The lowest BCUT2D eigenvalue weighted by atomic mass is 10.2. The summed E-state index contributed by atoms with van der Waals surface area (Å²) in [5.41, 5.74) is 5.29. The van der Waals surface area contributed by atoms with Gasteiger partial charge in [0.15, 0.2) is 0 Å². The quantitative estimate of drug-likeness (QED) is 0.731. The fourth-order valence-electron chi connectivity index (χ4n) is 1.62. The first-order chi connectivity index (χ1) is 7.15. The van der Waals surface area contributed by atoms with E-state index < -0.39 is 0 Å². The zero-order valence-electron chi connectivity index (χ0n) is 10.5. The lowest BCUT2D eigenvalue weighted by Crippen LogP contribution is -2.52. The maximum atomic E-state index is 11.2. The van der Waals surface area contributed by atoms with Gasteiger partial charge in [0.1, 0.15) is 0 Å². The van der Waals surface area contributed by atoms with E-state index >= 15 is 0 Å². The Bertz CT molecular complexity index is 175. The Morgan fingerprint density at radius 3 is 2.00 bits per heavy atom. The minimum atomic E-state index is 0.0726. The summed E-state index contributed by atoms with van der Waals surface area (Å²) in [5.74, 6) is 0.0726. The monoisotopic (exact) mass is 215 g/mol. The topological polar surface area (TPSA) is 49.6 Å². The fourth-order valence-corrected chi connectivity index (χ4v) is 1.62. The van der Waals surface area contributed by atoms with E-state index in [1.165, 1.54) is 0 Å². The minimum absolute atomic E-state index is 0.0726. The molecule has 4 heteroatoms. The SMILES string of the molecule is CC.CC(C)N1CCN(C(=O)CN)CC1. The van der Waals surface area contributed by atoms with Gasteiger partial charge in [-0.1, -0.05) is 13.8 Å². The Kier molecular flexibility index (Phi) is 7.34. The second-order valence-corrected chi connectivity index (χ2v) is 3.71. The highest BCUT2D eigenvalue weighted by molar-refractivity contribution is 5.78. The lowest BCUT2D eigenvalue weighted by Gasteiger charge is -2.36.